The van der Waals surface area contributed by atoms with E-state index in [0.29, 0.717) is 6.04 Å². The summed E-state index contributed by atoms with van der Waals surface area (Å²) in [5, 5.41) is 17.2. The van der Waals surface area contributed by atoms with E-state index in [-0.39, 0.29) is 6.61 Å². The molecule has 0 aliphatic heterocycles. The molecule has 1 aromatic heterocycles. The zero-order valence-corrected chi connectivity index (χ0v) is 12.4. The summed E-state index contributed by atoms with van der Waals surface area (Å²) < 4.78 is 1.83. The van der Waals surface area contributed by atoms with Crippen LogP contribution in [0.15, 0.2) is 30.5 Å². The van der Waals surface area contributed by atoms with Gasteiger partial charge >= 0.3 is 0 Å². The first-order valence-electron chi connectivity index (χ1n) is 7.56. The van der Waals surface area contributed by atoms with Gasteiger partial charge in [-0.25, -0.2) is 0 Å². The third-order valence-electron chi connectivity index (χ3n) is 4.32. The largest absolute Gasteiger partial charge is 0.396 e. The van der Waals surface area contributed by atoms with Crippen LogP contribution in [-0.2, 0) is 20.0 Å². The molecule has 0 saturated heterocycles. The Morgan fingerprint density at radius 2 is 2.24 bits per heavy atom. The normalized spacial score (nSPS) is 17.4. The predicted octanol–water partition coefficient (Wildman–Crippen LogP) is 1.69. The van der Waals surface area contributed by atoms with Crippen molar-refractivity contribution < 1.29 is 5.11 Å². The SMILES string of the molecule is Cn1nncc1CN(CCCO)C1CCc2ccccc21. The molecule has 0 amide bonds. The number of aryl methyl sites for hydroxylation is 2. The van der Waals surface area contributed by atoms with E-state index >= 15 is 0 Å². The highest BCUT2D eigenvalue weighted by molar-refractivity contribution is 5.34. The van der Waals surface area contributed by atoms with E-state index in [1.165, 1.54) is 11.1 Å². The minimum Gasteiger partial charge on any atom is -0.396 e. The molecule has 2 aromatic rings. The maximum atomic E-state index is 9.18. The fraction of sp³-hybridized carbons (Fsp3) is 0.500. The number of nitrogens with zero attached hydrogens (tertiary/aromatic N) is 4. The standard InChI is InChI=1S/C16H22N4O/c1-19-14(11-17-18-19)12-20(9-4-10-21)16-8-7-13-5-2-3-6-15(13)16/h2-3,5-6,11,16,21H,4,7-10,12H2,1H3. The number of fused-ring (bicyclic) bond motifs is 1. The lowest BCUT2D eigenvalue weighted by molar-refractivity contribution is 0.162. The monoisotopic (exact) mass is 286 g/mol. The Morgan fingerprint density at radius 3 is 3.00 bits per heavy atom. The van der Waals surface area contributed by atoms with Crippen molar-refractivity contribution in [2.45, 2.75) is 31.8 Å². The molecular formula is C16H22N4O. The van der Waals surface area contributed by atoms with Gasteiger partial charge in [-0.3, -0.25) is 9.58 Å². The summed E-state index contributed by atoms with van der Waals surface area (Å²) >= 11 is 0. The van der Waals surface area contributed by atoms with E-state index in [1.54, 1.807) is 0 Å². The molecule has 3 rings (SSSR count). The van der Waals surface area contributed by atoms with Crippen molar-refractivity contribution in [1.82, 2.24) is 19.9 Å². The molecule has 112 valence electrons. The number of aliphatic hydroxyl groups is 1. The van der Waals surface area contributed by atoms with Gasteiger partial charge in [0, 0.05) is 32.8 Å². The Morgan fingerprint density at radius 1 is 1.38 bits per heavy atom. The molecule has 5 heteroatoms. The average Bonchev–Trinajstić information content (AvgIpc) is 3.10. The molecule has 0 saturated carbocycles. The van der Waals surface area contributed by atoms with E-state index in [9.17, 15) is 5.11 Å². The molecule has 1 aliphatic rings. The molecule has 1 N–H and O–H groups in total. The summed E-state index contributed by atoms with van der Waals surface area (Å²) in [5.74, 6) is 0. The van der Waals surface area contributed by atoms with Crippen molar-refractivity contribution in [2.24, 2.45) is 7.05 Å². The average molecular weight is 286 g/mol. The third-order valence-corrected chi connectivity index (χ3v) is 4.32. The Bertz CT molecular complexity index is 595. The van der Waals surface area contributed by atoms with Gasteiger partial charge in [0.05, 0.1) is 11.9 Å². The van der Waals surface area contributed by atoms with Gasteiger partial charge in [0.2, 0.25) is 0 Å². The number of hydrogen-bond donors (Lipinski definition) is 1. The van der Waals surface area contributed by atoms with Gasteiger partial charge < -0.3 is 5.11 Å². The van der Waals surface area contributed by atoms with E-state index in [1.807, 2.05) is 17.9 Å². The lowest BCUT2D eigenvalue weighted by Gasteiger charge is -2.29. The van der Waals surface area contributed by atoms with Crippen LogP contribution >= 0.6 is 0 Å². The minimum atomic E-state index is 0.231. The predicted molar refractivity (Wildman–Crippen MR) is 80.6 cm³/mol. The quantitative estimate of drug-likeness (QED) is 0.878. The molecule has 5 nitrogen and oxygen atoms in total. The van der Waals surface area contributed by atoms with E-state index in [2.05, 4.69) is 39.5 Å². The zero-order valence-electron chi connectivity index (χ0n) is 12.4. The Labute approximate surface area is 125 Å². The van der Waals surface area contributed by atoms with Crippen molar-refractivity contribution in [1.29, 1.82) is 0 Å². The van der Waals surface area contributed by atoms with Gasteiger partial charge in [0.1, 0.15) is 0 Å². The molecule has 1 aromatic carbocycles. The Hall–Kier alpha value is -1.72. The molecule has 1 unspecified atom stereocenters. The number of rotatable bonds is 6. The van der Waals surface area contributed by atoms with Crippen LogP contribution in [0.25, 0.3) is 0 Å². The molecule has 0 spiro atoms. The zero-order chi connectivity index (χ0) is 14.7. The van der Waals surface area contributed by atoms with Crippen LogP contribution in [0.1, 0.15) is 35.7 Å². The van der Waals surface area contributed by atoms with Gasteiger partial charge in [0.25, 0.3) is 0 Å². The van der Waals surface area contributed by atoms with E-state index in [0.717, 1.165) is 38.0 Å². The van der Waals surface area contributed by atoms with Crippen molar-refractivity contribution in [2.75, 3.05) is 13.2 Å². The fourth-order valence-electron chi connectivity index (χ4n) is 3.19. The number of aromatic nitrogens is 3. The molecule has 0 fully saturated rings. The lowest BCUT2D eigenvalue weighted by atomic mass is 10.1. The molecule has 1 heterocycles. The topological polar surface area (TPSA) is 54.2 Å². The Kier molecular flexibility index (Phi) is 4.31. The summed E-state index contributed by atoms with van der Waals surface area (Å²) in [6.45, 7) is 1.94. The molecular weight excluding hydrogens is 264 g/mol. The maximum absolute atomic E-state index is 9.18. The maximum Gasteiger partial charge on any atom is 0.0738 e. The molecule has 1 atom stereocenters. The van der Waals surface area contributed by atoms with E-state index in [4.69, 9.17) is 0 Å². The minimum absolute atomic E-state index is 0.231. The first kappa shape index (κ1) is 14.2. The van der Waals surface area contributed by atoms with Crippen LogP contribution in [0.3, 0.4) is 0 Å². The second kappa shape index (κ2) is 6.37. The molecule has 1 aliphatic carbocycles. The van der Waals surface area contributed by atoms with Crippen molar-refractivity contribution in [3.05, 3.63) is 47.3 Å². The summed E-state index contributed by atoms with van der Waals surface area (Å²) in [6, 6.07) is 9.13. The van der Waals surface area contributed by atoms with Crippen LogP contribution in [0.2, 0.25) is 0 Å². The second-order valence-corrected chi connectivity index (χ2v) is 5.65. The van der Waals surface area contributed by atoms with Crippen LogP contribution in [-0.4, -0.2) is 38.2 Å². The van der Waals surface area contributed by atoms with E-state index < -0.39 is 0 Å². The Balaban J connectivity index is 1.81. The lowest BCUT2D eigenvalue weighted by Crippen LogP contribution is -2.29. The van der Waals surface area contributed by atoms with Gasteiger partial charge in [0.15, 0.2) is 0 Å². The van der Waals surface area contributed by atoms with Crippen LogP contribution in [0, 0.1) is 0 Å². The van der Waals surface area contributed by atoms with Crippen LogP contribution in [0.4, 0.5) is 0 Å². The highest BCUT2D eigenvalue weighted by Crippen LogP contribution is 2.36. The van der Waals surface area contributed by atoms with Crippen LogP contribution < -0.4 is 0 Å². The van der Waals surface area contributed by atoms with Crippen molar-refractivity contribution in [3.63, 3.8) is 0 Å². The summed E-state index contributed by atoms with van der Waals surface area (Å²) in [7, 11) is 1.93. The van der Waals surface area contributed by atoms with Crippen molar-refractivity contribution in [3.8, 4) is 0 Å². The summed E-state index contributed by atoms with van der Waals surface area (Å²) in [6.07, 6.45) is 4.91. The van der Waals surface area contributed by atoms with Gasteiger partial charge in [-0.15, -0.1) is 5.10 Å². The first-order chi connectivity index (χ1) is 10.3. The summed E-state index contributed by atoms with van der Waals surface area (Å²) in [5.41, 5.74) is 4.00. The van der Waals surface area contributed by atoms with Gasteiger partial charge in [-0.05, 0) is 30.4 Å². The third kappa shape index (κ3) is 2.99. The smallest absolute Gasteiger partial charge is 0.0738 e. The summed E-state index contributed by atoms with van der Waals surface area (Å²) in [4.78, 5) is 2.45. The van der Waals surface area contributed by atoms with Crippen LogP contribution in [0.5, 0.6) is 0 Å². The highest BCUT2D eigenvalue weighted by atomic mass is 16.3. The molecule has 0 radical (unpaired) electrons. The number of benzene rings is 1. The number of hydrogen-bond acceptors (Lipinski definition) is 4. The van der Waals surface area contributed by atoms with Gasteiger partial charge in [-0.2, -0.15) is 0 Å². The van der Waals surface area contributed by atoms with Gasteiger partial charge in [-0.1, -0.05) is 29.5 Å². The fourth-order valence-corrected chi connectivity index (χ4v) is 3.19. The molecule has 21 heavy (non-hydrogen) atoms. The molecule has 0 bridgehead atoms. The van der Waals surface area contributed by atoms with Crippen molar-refractivity contribution >= 4 is 0 Å². The first-order valence-corrected chi connectivity index (χ1v) is 7.56. The highest BCUT2D eigenvalue weighted by Gasteiger charge is 2.27. The number of aliphatic hydroxyl groups excluding tert-OH is 1. The second-order valence-electron chi connectivity index (χ2n) is 5.65.